The number of rotatable bonds is 9. The van der Waals surface area contributed by atoms with Crippen LogP contribution in [0.5, 0.6) is 11.5 Å². The second kappa shape index (κ2) is 9.19. The molecule has 0 aliphatic rings. The van der Waals surface area contributed by atoms with Gasteiger partial charge in [0.25, 0.3) is 0 Å². The third-order valence-electron chi connectivity index (χ3n) is 3.45. The molecule has 2 nitrogen and oxygen atoms in total. The van der Waals surface area contributed by atoms with E-state index in [9.17, 15) is 0 Å². The largest absolute Gasteiger partial charge is 0.457 e. The first kappa shape index (κ1) is 15.6. The van der Waals surface area contributed by atoms with Crippen LogP contribution >= 0.6 is 0 Å². The first-order valence-corrected chi connectivity index (χ1v) is 7.91. The molecule has 0 aliphatic carbocycles. The highest BCUT2D eigenvalue weighted by Crippen LogP contribution is 2.21. The van der Waals surface area contributed by atoms with Crippen molar-refractivity contribution in [3.8, 4) is 11.5 Å². The highest BCUT2D eigenvalue weighted by molar-refractivity contribution is 5.33. The molecule has 0 aliphatic heterocycles. The van der Waals surface area contributed by atoms with E-state index in [4.69, 9.17) is 4.74 Å². The molecule has 2 aromatic rings. The summed E-state index contributed by atoms with van der Waals surface area (Å²) < 4.78 is 5.79. The lowest BCUT2D eigenvalue weighted by Gasteiger charge is -2.07. The Hall–Kier alpha value is -1.80. The molecule has 0 saturated heterocycles. The summed E-state index contributed by atoms with van der Waals surface area (Å²) in [6.45, 7) is 4.41. The molecule has 0 aromatic heterocycles. The predicted molar refractivity (Wildman–Crippen MR) is 89.1 cm³/mol. The predicted octanol–water partition coefficient (Wildman–Crippen LogP) is 4.80. The molecule has 0 spiro atoms. The standard InChI is InChI=1S/C19H25NO/c1-2-3-7-15-20-16-14-17-10-12-19(13-11-17)21-18-8-5-4-6-9-18/h4-6,8-13,20H,2-3,7,14-16H2,1H3. The highest BCUT2D eigenvalue weighted by atomic mass is 16.5. The van der Waals surface area contributed by atoms with E-state index in [1.54, 1.807) is 0 Å². The van der Waals surface area contributed by atoms with Crippen LogP contribution in [0.25, 0.3) is 0 Å². The maximum Gasteiger partial charge on any atom is 0.127 e. The Morgan fingerprint density at radius 3 is 2.24 bits per heavy atom. The van der Waals surface area contributed by atoms with Gasteiger partial charge in [-0.05, 0) is 55.8 Å². The Labute approximate surface area is 128 Å². The van der Waals surface area contributed by atoms with Gasteiger partial charge in [0.15, 0.2) is 0 Å². The molecular weight excluding hydrogens is 258 g/mol. The number of hydrogen-bond donors (Lipinski definition) is 1. The summed E-state index contributed by atoms with van der Waals surface area (Å²) in [5.41, 5.74) is 1.35. The summed E-state index contributed by atoms with van der Waals surface area (Å²) in [5.74, 6) is 1.77. The lowest BCUT2D eigenvalue weighted by Crippen LogP contribution is -2.18. The second-order valence-electron chi connectivity index (χ2n) is 5.27. The molecule has 2 aromatic carbocycles. The van der Waals surface area contributed by atoms with Gasteiger partial charge in [0, 0.05) is 0 Å². The molecule has 0 amide bonds. The van der Waals surface area contributed by atoms with Crippen LogP contribution in [-0.4, -0.2) is 13.1 Å². The van der Waals surface area contributed by atoms with Gasteiger partial charge in [0.1, 0.15) is 11.5 Å². The summed E-state index contributed by atoms with van der Waals surface area (Å²) in [6.07, 6.45) is 4.95. The summed E-state index contributed by atoms with van der Waals surface area (Å²) in [6, 6.07) is 18.3. The normalized spacial score (nSPS) is 10.5. The summed E-state index contributed by atoms with van der Waals surface area (Å²) >= 11 is 0. The SMILES string of the molecule is CCCCCNCCc1ccc(Oc2ccccc2)cc1. The zero-order chi connectivity index (χ0) is 14.8. The van der Waals surface area contributed by atoms with Gasteiger partial charge in [0.05, 0.1) is 0 Å². The van der Waals surface area contributed by atoms with Crippen molar-refractivity contribution >= 4 is 0 Å². The van der Waals surface area contributed by atoms with Crippen LogP contribution in [0, 0.1) is 0 Å². The summed E-state index contributed by atoms with van der Waals surface area (Å²) in [7, 11) is 0. The fraction of sp³-hybridized carbons (Fsp3) is 0.368. The van der Waals surface area contributed by atoms with Crippen molar-refractivity contribution in [2.75, 3.05) is 13.1 Å². The number of nitrogens with one attached hydrogen (secondary N) is 1. The van der Waals surface area contributed by atoms with Crippen LogP contribution in [0.15, 0.2) is 54.6 Å². The minimum absolute atomic E-state index is 0.878. The molecule has 0 atom stereocenters. The van der Waals surface area contributed by atoms with Gasteiger partial charge in [-0.25, -0.2) is 0 Å². The quantitative estimate of drug-likeness (QED) is 0.667. The van der Waals surface area contributed by atoms with E-state index in [0.29, 0.717) is 0 Å². The van der Waals surface area contributed by atoms with Gasteiger partial charge in [-0.3, -0.25) is 0 Å². The molecule has 112 valence electrons. The van der Waals surface area contributed by atoms with Crippen LogP contribution in [0.2, 0.25) is 0 Å². The Morgan fingerprint density at radius 1 is 0.810 bits per heavy atom. The molecule has 0 unspecified atom stereocenters. The second-order valence-corrected chi connectivity index (χ2v) is 5.27. The van der Waals surface area contributed by atoms with Crippen molar-refractivity contribution < 1.29 is 4.74 Å². The van der Waals surface area contributed by atoms with Crippen molar-refractivity contribution in [2.24, 2.45) is 0 Å². The monoisotopic (exact) mass is 283 g/mol. The zero-order valence-electron chi connectivity index (χ0n) is 12.8. The van der Waals surface area contributed by atoms with Crippen LogP contribution < -0.4 is 10.1 Å². The average Bonchev–Trinajstić information content (AvgIpc) is 2.53. The molecule has 1 N–H and O–H groups in total. The third-order valence-corrected chi connectivity index (χ3v) is 3.45. The van der Waals surface area contributed by atoms with Crippen molar-refractivity contribution in [3.05, 3.63) is 60.2 Å². The van der Waals surface area contributed by atoms with E-state index >= 15 is 0 Å². The van der Waals surface area contributed by atoms with E-state index < -0.39 is 0 Å². The van der Waals surface area contributed by atoms with E-state index in [0.717, 1.165) is 31.0 Å². The van der Waals surface area contributed by atoms with E-state index in [1.165, 1.54) is 24.8 Å². The smallest absolute Gasteiger partial charge is 0.127 e. The maximum absolute atomic E-state index is 5.79. The molecule has 0 radical (unpaired) electrons. The van der Waals surface area contributed by atoms with Gasteiger partial charge < -0.3 is 10.1 Å². The van der Waals surface area contributed by atoms with Crippen LogP contribution in [0.4, 0.5) is 0 Å². The van der Waals surface area contributed by atoms with E-state index in [2.05, 4.69) is 24.4 Å². The molecule has 0 saturated carbocycles. The van der Waals surface area contributed by atoms with E-state index in [-0.39, 0.29) is 0 Å². The Bertz CT molecular complexity index is 493. The lowest BCUT2D eigenvalue weighted by atomic mass is 10.1. The lowest BCUT2D eigenvalue weighted by molar-refractivity contribution is 0.482. The number of para-hydroxylation sites is 1. The molecule has 0 heterocycles. The molecular formula is C19H25NO. The number of unbranched alkanes of at least 4 members (excludes halogenated alkanes) is 2. The summed E-state index contributed by atoms with van der Waals surface area (Å²) in [5, 5.41) is 3.49. The van der Waals surface area contributed by atoms with Gasteiger partial charge in [-0.1, -0.05) is 50.1 Å². The maximum atomic E-state index is 5.79. The average molecular weight is 283 g/mol. The van der Waals surface area contributed by atoms with Crippen molar-refractivity contribution in [3.63, 3.8) is 0 Å². The zero-order valence-corrected chi connectivity index (χ0v) is 12.8. The molecule has 0 bridgehead atoms. The van der Waals surface area contributed by atoms with Crippen LogP contribution in [-0.2, 0) is 6.42 Å². The van der Waals surface area contributed by atoms with Gasteiger partial charge in [-0.15, -0.1) is 0 Å². The Morgan fingerprint density at radius 2 is 1.52 bits per heavy atom. The highest BCUT2D eigenvalue weighted by Gasteiger charge is 1.98. The minimum Gasteiger partial charge on any atom is -0.457 e. The number of benzene rings is 2. The van der Waals surface area contributed by atoms with Gasteiger partial charge in [-0.2, -0.15) is 0 Å². The van der Waals surface area contributed by atoms with Crippen molar-refractivity contribution in [1.29, 1.82) is 0 Å². The first-order chi connectivity index (χ1) is 10.4. The fourth-order valence-electron chi connectivity index (χ4n) is 2.21. The van der Waals surface area contributed by atoms with Gasteiger partial charge in [0.2, 0.25) is 0 Å². The van der Waals surface area contributed by atoms with E-state index in [1.807, 2.05) is 42.5 Å². The summed E-state index contributed by atoms with van der Waals surface area (Å²) in [4.78, 5) is 0. The van der Waals surface area contributed by atoms with Crippen molar-refractivity contribution in [1.82, 2.24) is 5.32 Å². The van der Waals surface area contributed by atoms with Crippen LogP contribution in [0.1, 0.15) is 31.7 Å². The van der Waals surface area contributed by atoms with Crippen LogP contribution in [0.3, 0.4) is 0 Å². The molecule has 2 heteroatoms. The fourth-order valence-corrected chi connectivity index (χ4v) is 2.21. The first-order valence-electron chi connectivity index (χ1n) is 7.91. The Kier molecular flexibility index (Phi) is 6.82. The molecule has 2 rings (SSSR count). The molecule has 21 heavy (non-hydrogen) atoms. The third kappa shape index (κ3) is 6.01. The topological polar surface area (TPSA) is 21.3 Å². The van der Waals surface area contributed by atoms with Gasteiger partial charge >= 0.3 is 0 Å². The number of ether oxygens (including phenoxy) is 1. The Balaban J connectivity index is 1.72. The number of hydrogen-bond acceptors (Lipinski definition) is 2. The molecule has 0 fully saturated rings. The van der Waals surface area contributed by atoms with Crippen molar-refractivity contribution in [2.45, 2.75) is 32.6 Å². The minimum atomic E-state index is 0.878.